The largest absolute Gasteiger partial charge is 0.451 e. The number of carbonyl (C=O) groups excluding carboxylic acids is 2. The molecule has 1 unspecified atom stereocenters. The highest BCUT2D eigenvalue weighted by Gasteiger charge is 2.31. The van der Waals surface area contributed by atoms with Gasteiger partial charge in [0, 0.05) is 16.2 Å². The zero-order valence-electron chi connectivity index (χ0n) is 15.9. The quantitative estimate of drug-likeness (QED) is 0.598. The van der Waals surface area contributed by atoms with Gasteiger partial charge in [0.25, 0.3) is 5.91 Å². The second kappa shape index (κ2) is 7.80. The van der Waals surface area contributed by atoms with Crippen LogP contribution in [0.15, 0.2) is 30.3 Å². The zero-order chi connectivity index (χ0) is 21.5. The molecule has 1 aliphatic rings. The number of nitrogens with one attached hydrogen (secondary N) is 1. The number of aryl methyl sites for hydroxylation is 1. The van der Waals surface area contributed by atoms with Crippen molar-refractivity contribution in [2.45, 2.75) is 19.4 Å². The second-order valence-corrected chi connectivity index (χ2v) is 10.4. The Bertz CT molecular complexity index is 1250. The van der Waals surface area contributed by atoms with E-state index in [9.17, 15) is 22.4 Å². The molecule has 158 valence electrons. The molecule has 0 radical (unpaired) electrons. The van der Waals surface area contributed by atoms with Crippen LogP contribution >= 0.6 is 11.3 Å². The molecule has 0 saturated carbocycles. The molecular formula is C19H18FN3O5S2. The van der Waals surface area contributed by atoms with Crippen LogP contribution in [-0.4, -0.2) is 48.2 Å². The summed E-state index contributed by atoms with van der Waals surface area (Å²) in [5.41, 5.74) is 0.624. The Kier molecular flexibility index (Phi) is 5.33. The Hall–Kier alpha value is -2.79. The van der Waals surface area contributed by atoms with E-state index in [4.69, 9.17) is 4.74 Å². The molecule has 3 heterocycles. The number of amides is 1. The standard InChI is InChI=1S/C19H18FN3O5S2/c1-11-7-17(23(22-11)12-5-6-30(26,27)10-12)21-18(24)9-28-19(25)16-8-13-14(20)3-2-4-15(13)29-16/h2-4,7-8,12H,5-6,9-10H2,1H3,(H,21,24). The number of aromatic nitrogens is 2. The van der Waals surface area contributed by atoms with Crippen molar-refractivity contribution in [3.63, 3.8) is 0 Å². The number of carbonyl (C=O) groups is 2. The van der Waals surface area contributed by atoms with Crippen molar-refractivity contribution in [3.05, 3.63) is 46.7 Å². The number of hydrogen-bond donors (Lipinski definition) is 1. The van der Waals surface area contributed by atoms with Crippen LogP contribution in [0.4, 0.5) is 10.2 Å². The van der Waals surface area contributed by atoms with Crippen LogP contribution in [0.2, 0.25) is 0 Å². The van der Waals surface area contributed by atoms with E-state index in [0.29, 0.717) is 28.0 Å². The molecule has 1 amide bonds. The van der Waals surface area contributed by atoms with Crippen LogP contribution in [0, 0.1) is 12.7 Å². The van der Waals surface area contributed by atoms with Gasteiger partial charge in [-0.05, 0) is 31.5 Å². The maximum atomic E-state index is 13.8. The molecule has 1 N–H and O–H groups in total. The van der Waals surface area contributed by atoms with Crippen LogP contribution in [0.5, 0.6) is 0 Å². The number of ether oxygens (including phenoxy) is 1. The van der Waals surface area contributed by atoms with Gasteiger partial charge in [0.15, 0.2) is 16.4 Å². The lowest BCUT2D eigenvalue weighted by Gasteiger charge is -2.13. The molecule has 3 aromatic rings. The third kappa shape index (κ3) is 4.21. The molecule has 30 heavy (non-hydrogen) atoms. The normalized spacial score (nSPS) is 17.9. The van der Waals surface area contributed by atoms with Crippen LogP contribution in [0.25, 0.3) is 10.1 Å². The van der Waals surface area contributed by atoms with Gasteiger partial charge in [-0.15, -0.1) is 11.3 Å². The lowest BCUT2D eigenvalue weighted by Crippen LogP contribution is -2.24. The summed E-state index contributed by atoms with van der Waals surface area (Å²) in [5, 5.41) is 7.22. The van der Waals surface area contributed by atoms with E-state index in [0.717, 1.165) is 11.3 Å². The molecule has 1 saturated heterocycles. The molecular weight excluding hydrogens is 433 g/mol. The van der Waals surface area contributed by atoms with Gasteiger partial charge < -0.3 is 10.1 Å². The minimum atomic E-state index is -3.11. The number of nitrogens with zero attached hydrogens (tertiary/aromatic N) is 2. The maximum Gasteiger partial charge on any atom is 0.348 e. The number of anilines is 1. The van der Waals surface area contributed by atoms with E-state index in [1.165, 1.54) is 16.8 Å². The SMILES string of the molecule is Cc1cc(NC(=O)COC(=O)c2cc3c(F)cccc3s2)n(C2CCS(=O)(=O)C2)n1. The number of rotatable bonds is 5. The van der Waals surface area contributed by atoms with E-state index >= 15 is 0 Å². The van der Waals surface area contributed by atoms with Crippen molar-refractivity contribution in [2.75, 3.05) is 23.4 Å². The van der Waals surface area contributed by atoms with Gasteiger partial charge in [-0.1, -0.05) is 6.07 Å². The van der Waals surface area contributed by atoms with E-state index in [1.807, 2.05) is 0 Å². The van der Waals surface area contributed by atoms with Crippen molar-refractivity contribution < 1.29 is 27.1 Å². The van der Waals surface area contributed by atoms with E-state index < -0.39 is 34.1 Å². The molecule has 1 aromatic carbocycles. The average molecular weight is 452 g/mol. The summed E-state index contributed by atoms with van der Waals surface area (Å²) in [6.07, 6.45) is 0.420. The van der Waals surface area contributed by atoms with Gasteiger partial charge in [-0.3, -0.25) is 4.79 Å². The molecule has 8 nitrogen and oxygen atoms in total. The second-order valence-electron chi connectivity index (χ2n) is 7.06. The Balaban J connectivity index is 1.40. The lowest BCUT2D eigenvalue weighted by molar-refractivity contribution is -0.119. The van der Waals surface area contributed by atoms with Crippen LogP contribution in [0.3, 0.4) is 0 Å². The van der Waals surface area contributed by atoms with Gasteiger partial charge in [-0.2, -0.15) is 5.10 Å². The number of sulfone groups is 1. The summed E-state index contributed by atoms with van der Waals surface area (Å²) in [6, 6.07) is 7.22. The molecule has 2 aromatic heterocycles. The van der Waals surface area contributed by atoms with Gasteiger partial charge in [0.2, 0.25) is 0 Å². The lowest BCUT2D eigenvalue weighted by atomic mass is 10.2. The monoisotopic (exact) mass is 451 g/mol. The van der Waals surface area contributed by atoms with Gasteiger partial charge >= 0.3 is 5.97 Å². The Morgan fingerprint density at radius 3 is 2.87 bits per heavy atom. The number of halogens is 1. The van der Waals surface area contributed by atoms with Crippen LogP contribution in [0.1, 0.15) is 27.8 Å². The predicted octanol–water partition coefficient (Wildman–Crippen LogP) is 2.70. The maximum absolute atomic E-state index is 13.8. The third-order valence-electron chi connectivity index (χ3n) is 4.72. The highest BCUT2D eigenvalue weighted by Crippen LogP contribution is 2.29. The minimum Gasteiger partial charge on any atom is -0.451 e. The molecule has 11 heteroatoms. The van der Waals surface area contributed by atoms with E-state index in [-0.39, 0.29) is 22.4 Å². The summed E-state index contributed by atoms with van der Waals surface area (Å²) in [7, 11) is -3.11. The number of fused-ring (bicyclic) bond motifs is 1. The molecule has 4 rings (SSSR count). The zero-order valence-corrected chi connectivity index (χ0v) is 17.6. The molecule has 1 atom stereocenters. The first-order chi connectivity index (χ1) is 14.2. The fourth-order valence-corrected chi connectivity index (χ4v) is 6.02. The minimum absolute atomic E-state index is 0.0333. The summed E-state index contributed by atoms with van der Waals surface area (Å²) < 4.78 is 44.4. The first kappa shape index (κ1) is 20.5. The smallest absolute Gasteiger partial charge is 0.348 e. The van der Waals surface area contributed by atoms with Crippen molar-refractivity contribution in [2.24, 2.45) is 0 Å². The summed E-state index contributed by atoms with van der Waals surface area (Å²) in [6.45, 7) is 1.19. The first-order valence-corrected chi connectivity index (χ1v) is 11.8. The molecule has 1 fully saturated rings. The highest BCUT2D eigenvalue weighted by molar-refractivity contribution is 7.91. The number of thiophene rings is 1. The fraction of sp³-hybridized carbons (Fsp3) is 0.316. The Morgan fingerprint density at radius 1 is 1.37 bits per heavy atom. The van der Waals surface area contributed by atoms with Gasteiger partial charge in [0.05, 0.1) is 23.2 Å². The Morgan fingerprint density at radius 2 is 2.17 bits per heavy atom. The van der Waals surface area contributed by atoms with Crippen LogP contribution < -0.4 is 5.32 Å². The number of benzene rings is 1. The topological polar surface area (TPSA) is 107 Å². The Labute approximate surface area is 175 Å². The van der Waals surface area contributed by atoms with E-state index in [1.54, 1.807) is 25.1 Å². The average Bonchev–Trinajstić information content (AvgIpc) is 3.37. The first-order valence-electron chi connectivity index (χ1n) is 9.13. The molecule has 0 spiro atoms. The summed E-state index contributed by atoms with van der Waals surface area (Å²) in [4.78, 5) is 24.7. The molecule has 0 aliphatic carbocycles. The fourth-order valence-electron chi connectivity index (χ4n) is 3.36. The predicted molar refractivity (Wildman–Crippen MR) is 110 cm³/mol. The van der Waals surface area contributed by atoms with Gasteiger partial charge in [-0.25, -0.2) is 22.3 Å². The van der Waals surface area contributed by atoms with Crippen molar-refractivity contribution in [1.29, 1.82) is 0 Å². The number of hydrogen-bond acceptors (Lipinski definition) is 7. The van der Waals surface area contributed by atoms with Gasteiger partial charge in [0.1, 0.15) is 16.5 Å². The number of esters is 1. The highest BCUT2D eigenvalue weighted by atomic mass is 32.2. The van der Waals surface area contributed by atoms with E-state index in [2.05, 4.69) is 10.4 Å². The molecule has 1 aliphatic heterocycles. The van der Waals surface area contributed by atoms with Crippen molar-refractivity contribution >= 4 is 49.0 Å². The summed E-state index contributed by atoms with van der Waals surface area (Å²) in [5.74, 6) is -1.35. The molecule has 0 bridgehead atoms. The van der Waals surface area contributed by atoms with Crippen molar-refractivity contribution in [1.82, 2.24) is 9.78 Å². The summed E-state index contributed by atoms with van der Waals surface area (Å²) >= 11 is 1.08. The van der Waals surface area contributed by atoms with Crippen LogP contribution in [-0.2, 0) is 19.4 Å². The van der Waals surface area contributed by atoms with Crippen molar-refractivity contribution in [3.8, 4) is 0 Å². The third-order valence-corrected chi connectivity index (χ3v) is 7.55.